The third kappa shape index (κ3) is 3.50. The number of nitrogens with zero attached hydrogens (tertiary/aromatic N) is 2. The Labute approximate surface area is 96.7 Å². The fourth-order valence-electron chi connectivity index (χ4n) is 1.23. The maximum absolute atomic E-state index is 4.44. The summed E-state index contributed by atoms with van der Waals surface area (Å²) < 4.78 is 0. The summed E-state index contributed by atoms with van der Waals surface area (Å²) in [6.07, 6.45) is 3.90. The molecule has 82 valence electrons. The van der Waals surface area contributed by atoms with E-state index in [0.717, 1.165) is 29.7 Å². The highest BCUT2D eigenvalue weighted by atomic mass is 32.1. The Morgan fingerprint density at radius 3 is 2.93 bits per heavy atom. The molecular formula is C11H17N3S. The minimum atomic E-state index is 0.808. The minimum Gasteiger partial charge on any atom is -0.345 e. The van der Waals surface area contributed by atoms with Crippen LogP contribution in [0.2, 0.25) is 0 Å². The van der Waals surface area contributed by atoms with Gasteiger partial charge < -0.3 is 10.2 Å². The molecule has 0 unspecified atom stereocenters. The third-order valence-electron chi connectivity index (χ3n) is 1.96. The second kappa shape index (κ2) is 5.69. The summed E-state index contributed by atoms with van der Waals surface area (Å²) in [4.78, 5) is 6.48. The SMILES string of the molecule is C/C=C\C1=C=C(C)NC(N(C)CCS)=N1. The van der Waals surface area contributed by atoms with E-state index in [-0.39, 0.29) is 0 Å². The van der Waals surface area contributed by atoms with Crippen molar-refractivity contribution in [3.05, 3.63) is 29.3 Å². The van der Waals surface area contributed by atoms with Crippen LogP contribution in [0.3, 0.4) is 0 Å². The van der Waals surface area contributed by atoms with Crippen molar-refractivity contribution in [2.45, 2.75) is 13.8 Å². The first-order valence-corrected chi connectivity index (χ1v) is 5.58. The van der Waals surface area contributed by atoms with Crippen molar-refractivity contribution >= 4 is 18.6 Å². The Kier molecular flexibility index (Phi) is 4.53. The smallest absolute Gasteiger partial charge is 0.204 e. The van der Waals surface area contributed by atoms with Crippen LogP contribution in [0.4, 0.5) is 0 Å². The van der Waals surface area contributed by atoms with Gasteiger partial charge >= 0.3 is 0 Å². The Morgan fingerprint density at radius 2 is 2.33 bits per heavy atom. The van der Waals surface area contributed by atoms with Crippen molar-refractivity contribution in [2.75, 3.05) is 19.3 Å². The van der Waals surface area contributed by atoms with E-state index in [1.54, 1.807) is 0 Å². The molecule has 3 nitrogen and oxygen atoms in total. The first-order valence-electron chi connectivity index (χ1n) is 4.95. The zero-order valence-corrected chi connectivity index (χ0v) is 10.3. The van der Waals surface area contributed by atoms with Crippen LogP contribution in [0.5, 0.6) is 0 Å². The molecule has 0 aromatic heterocycles. The van der Waals surface area contributed by atoms with Gasteiger partial charge in [0, 0.05) is 19.3 Å². The average Bonchev–Trinajstić information content (AvgIpc) is 2.17. The van der Waals surface area contributed by atoms with Crippen molar-refractivity contribution < 1.29 is 0 Å². The second-order valence-electron chi connectivity index (χ2n) is 3.34. The third-order valence-corrected chi connectivity index (χ3v) is 2.16. The van der Waals surface area contributed by atoms with E-state index in [4.69, 9.17) is 0 Å². The lowest BCUT2D eigenvalue weighted by Crippen LogP contribution is -2.39. The van der Waals surface area contributed by atoms with Gasteiger partial charge in [-0.3, -0.25) is 0 Å². The highest BCUT2D eigenvalue weighted by Gasteiger charge is 2.09. The number of aliphatic imine (C=N–C) groups is 1. The molecule has 1 heterocycles. The lowest BCUT2D eigenvalue weighted by Gasteiger charge is -2.22. The monoisotopic (exact) mass is 223 g/mol. The number of hydrogen-bond acceptors (Lipinski definition) is 4. The lowest BCUT2D eigenvalue weighted by atomic mass is 10.3. The number of thiol groups is 1. The molecule has 0 saturated heterocycles. The van der Waals surface area contributed by atoms with Gasteiger partial charge in [0.25, 0.3) is 0 Å². The summed E-state index contributed by atoms with van der Waals surface area (Å²) in [6, 6.07) is 0. The van der Waals surface area contributed by atoms with Crippen LogP contribution >= 0.6 is 12.6 Å². The molecule has 1 aliphatic rings. The van der Waals surface area contributed by atoms with Crippen LogP contribution in [0.15, 0.2) is 34.3 Å². The summed E-state index contributed by atoms with van der Waals surface area (Å²) in [5, 5.41) is 3.18. The van der Waals surface area contributed by atoms with Gasteiger partial charge in [-0.2, -0.15) is 12.6 Å². The van der Waals surface area contributed by atoms with E-state index in [0.29, 0.717) is 0 Å². The van der Waals surface area contributed by atoms with Gasteiger partial charge in [0.2, 0.25) is 5.96 Å². The lowest BCUT2D eigenvalue weighted by molar-refractivity contribution is 0.521. The second-order valence-corrected chi connectivity index (χ2v) is 3.79. The maximum atomic E-state index is 4.44. The van der Waals surface area contributed by atoms with Gasteiger partial charge in [0.1, 0.15) is 5.70 Å². The van der Waals surface area contributed by atoms with E-state index >= 15 is 0 Å². The molecule has 0 atom stereocenters. The Balaban J connectivity index is 2.85. The molecule has 1 aliphatic heterocycles. The van der Waals surface area contributed by atoms with Crippen LogP contribution in [0.1, 0.15) is 13.8 Å². The van der Waals surface area contributed by atoms with E-state index in [2.05, 4.69) is 28.7 Å². The number of guanidine groups is 1. The first kappa shape index (κ1) is 12.0. The summed E-state index contributed by atoms with van der Waals surface area (Å²) in [5.41, 5.74) is 4.99. The normalized spacial score (nSPS) is 15.6. The fraction of sp³-hybridized carbons (Fsp3) is 0.455. The van der Waals surface area contributed by atoms with Gasteiger partial charge in [-0.25, -0.2) is 4.99 Å². The van der Waals surface area contributed by atoms with Gasteiger partial charge in [-0.15, -0.1) is 0 Å². The highest BCUT2D eigenvalue weighted by Crippen LogP contribution is 2.06. The zero-order chi connectivity index (χ0) is 11.3. The largest absolute Gasteiger partial charge is 0.345 e. The number of rotatable bonds is 3. The molecule has 0 spiro atoms. The van der Waals surface area contributed by atoms with Crippen molar-refractivity contribution in [3.8, 4) is 0 Å². The van der Waals surface area contributed by atoms with Crippen LogP contribution in [-0.2, 0) is 0 Å². The molecule has 0 aliphatic carbocycles. The molecule has 1 N–H and O–H groups in total. The number of hydrogen-bond donors (Lipinski definition) is 2. The summed E-state index contributed by atoms with van der Waals surface area (Å²) >= 11 is 4.20. The first-order chi connectivity index (χ1) is 7.17. The predicted molar refractivity (Wildman–Crippen MR) is 68.1 cm³/mol. The summed E-state index contributed by atoms with van der Waals surface area (Å²) in [7, 11) is 1.99. The van der Waals surface area contributed by atoms with Crippen molar-refractivity contribution in [3.63, 3.8) is 0 Å². The molecule has 0 aromatic rings. The maximum Gasteiger partial charge on any atom is 0.204 e. The predicted octanol–water partition coefficient (Wildman–Crippen LogP) is 1.77. The van der Waals surface area contributed by atoms with E-state index in [1.807, 2.05) is 37.9 Å². The fourth-order valence-corrected chi connectivity index (χ4v) is 1.53. The standard InChI is InChI=1S/C11H17N3S/c1-4-5-10-8-9(2)12-11(13-10)14(3)6-7-15/h4-5,15H,6-7H2,1-3H3,(H,12,13)/b5-4-. The zero-order valence-electron chi connectivity index (χ0n) is 9.41. The van der Waals surface area contributed by atoms with Crippen molar-refractivity contribution in [1.29, 1.82) is 0 Å². The molecular weight excluding hydrogens is 206 g/mol. The molecule has 0 radical (unpaired) electrons. The quantitative estimate of drug-likeness (QED) is 0.564. The van der Waals surface area contributed by atoms with Crippen molar-refractivity contribution in [2.24, 2.45) is 4.99 Å². The molecule has 0 amide bonds. The van der Waals surface area contributed by atoms with E-state index in [9.17, 15) is 0 Å². The van der Waals surface area contributed by atoms with Crippen LogP contribution in [0, 0.1) is 0 Å². The Hall–Kier alpha value is -1.12. The highest BCUT2D eigenvalue weighted by molar-refractivity contribution is 7.80. The topological polar surface area (TPSA) is 27.6 Å². The van der Waals surface area contributed by atoms with Gasteiger partial charge in [0.15, 0.2) is 0 Å². The molecule has 0 aromatic carbocycles. The molecule has 0 saturated carbocycles. The molecule has 15 heavy (non-hydrogen) atoms. The number of allylic oxidation sites excluding steroid dienone is 2. The van der Waals surface area contributed by atoms with Gasteiger partial charge in [-0.1, -0.05) is 11.8 Å². The van der Waals surface area contributed by atoms with Crippen LogP contribution in [0.25, 0.3) is 0 Å². The van der Waals surface area contributed by atoms with Crippen LogP contribution in [-0.4, -0.2) is 30.2 Å². The molecule has 0 bridgehead atoms. The van der Waals surface area contributed by atoms with E-state index < -0.39 is 0 Å². The Bertz CT molecular complexity index is 349. The minimum absolute atomic E-state index is 0.808. The number of nitrogens with one attached hydrogen (secondary N) is 1. The molecule has 4 heteroatoms. The van der Waals surface area contributed by atoms with Gasteiger partial charge in [0.05, 0.1) is 5.70 Å². The van der Waals surface area contributed by atoms with Gasteiger partial charge in [-0.05, 0) is 19.9 Å². The Morgan fingerprint density at radius 1 is 1.60 bits per heavy atom. The average molecular weight is 223 g/mol. The van der Waals surface area contributed by atoms with Crippen molar-refractivity contribution in [1.82, 2.24) is 10.2 Å². The summed E-state index contributed by atoms with van der Waals surface area (Å²) in [5.74, 6) is 1.66. The van der Waals surface area contributed by atoms with E-state index in [1.165, 1.54) is 0 Å². The van der Waals surface area contributed by atoms with Crippen LogP contribution < -0.4 is 5.32 Å². The molecule has 1 rings (SSSR count). The molecule has 0 fully saturated rings. The summed E-state index contributed by atoms with van der Waals surface area (Å²) in [6.45, 7) is 4.82.